The Morgan fingerprint density at radius 2 is 1.86 bits per heavy atom. The van der Waals surface area contributed by atoms with E-state index in [1.807, 2.05) is 18.2 Å². The zero-order valence-corrected chi connectivity index (χ0v) is 17.3. The molecule has 1 aliphatic heterocycles. The Labute approximate surface area is 173 Å². The Morgan fingerprint density at radius 3 is 2.59 bits per heavy atom. The first-order valence-corrected chi connectivity index (χ1v) is 10.4. The number of piperazine rings is 1. The maximum absolute atomic E-state index is 5.43. The van der Waals surface area contributed by atoms with Crippen molar-refractivity contribution in [3.05, 3.63) is 78.5 Å². The van der Waals surface area contributed by atoms with Crippen molar-refractivity contribution in [2.45, 2.75) is 12.8 Å². The van der Waals surface area contributed by atoms with Gasteiger partial charge in [0.25, 0.3) is 0 Å². The molecule has 0 radical (unpaired) electrons. The predicted molar refractivity (Wildman–Crippen MR) is 121 cm³/mol. The minimum absolute atomic E-state index is 0.0189. The van der Waals surface area contributed by atoms with Gasteiger partial charge in [-0.05, 0) is 35.7 Å². The lowest BCUT2D eigenvalue weighted by atomic mass is 9.93. The molecule has 2 heterocycles. The van der Waals surface area contributed by atoms with Gasteiger partial charge < -0.3 is 14.5 Å². The van der Waals surface area contributed by atoms with E-state index in [-0.39, 0.29) is 5.92 Å². The number of benzene rings is 2. The van der Waals surface area contributed by atoms with Crippen LogP contribution in [0, 0.1) is 0 Å². The van der Waals surface area contributed by atoms with E-state index in [2.05, 4.69) is 65.8 Å². The molecule has 0 saturated carbocycles. The Hall–Kier alpha value is -2.85. The van der Waals surface area contributed by atoms with Gasteiger partial charge in [-0.25, -0.2) is 4.98 Å². The molecule has 3 aromatic rings. The summed E-state index contributed by atoms with van der Waals surface area (Å²) in [7, 11) is 1.70. The van der Waals surface area contributed by atoms with Gasteiger partial charge in [0.1, 0.15) is 11.6 Å². The van der Waals surface area contributed by atoms with Crippen LogP contribution in [-0.4, -0.2) is 49.7 Å². The van der Waals surface area contributed by atoms with Gasteiger partial charge in [0.05, 0.1) is 12.8 Å². The third kappa shape index (κ3) is 3.99. The molecule has 1 aliphatic rings. The van der Waals surface area contributed by atoms with Crippen LogP contribution in [0.15, 0.2) is 67.3 Å². The molecule has 2 aromatic carbocycles. The SMILES string of the molecule is C=CC(c1cccc(OC)c1)c1cc2ccccc2c(N2CCN(CC)CC2)n1. The van der Waals surface area contributed by atoms with Crippen LogP contribution in [0.3, 0.4) is 0 Å². The number of hydrogen-bond acceptors (Lipinski definition) is 4. The van der Waals surface area contributed by atoms with Crippen molar-refractivity contribution in [1.29, 1.82) is 0 Å². The van der Waals surface area contributed by atoms with Crippen LogP contribution >= 0.6 is 0 Å². The highest BCUT2D eigenvalue weighted by Crippen LogP contribution is 2.33. The van der Waals surface area contributed by atoms with Gasteiger partial charge in [-0.2, -0.15) is 0 Å². The van der Waals surface area contributed by atoms with Crippen molar-refractivity contribution in [3.63, 3.8) is 0 Å². The molecule has 0 bridgehead atoms. The van der Waals surface area contributed by atoms with E-state index < -0.39 is 0 Å². The average Bonchev–Trinajstić information content (AvgIpc) is 2.79. The predicted octanol–water partition coefficient (Wildman–Crippen LogP) is 4.70. The summed E-state index contributed by atoms with van der Waals surface area (Å²) in [5, 5.41) is 2.44. The molecule has 4 heteroatoms. The van der Waals surface area contributed by atoms with E-state index in [0.29, 0.717) is 0 Å². The standard InChI is InChI=1S/C25H29N3O/c1-4-22(19-10-8-11-21(17-19)29-3)24-18-20-9-6-7-12-23(20)25(26-24)28-15-13-27(5-2)14-16-28/h4,6-12,17-18,22H,1,5,13-16H2,2-3H3. The van der Waals surface area contributed by atoms with E-state index in [4.69, 9.17) is 9.72 Å². The number of ether oxygens (including phenoxy) is 1. The van der Waals surface area contributed by atoms with Crippen LogP contribution in [0.4, 0.5) is 5.82 Å². The number of methoxy groups -OCH3 is 1. The molecule has 1 fully saturated rings. The summed E-state index contributed by atoms with van der Waals surface area (Å²) in [6.07, 6.45) is 1.98. The summed E-state index contributed by atoms with van der Waals surface area (Å²) >= 11 is 0. The third-order valence-corrected chi connectivity index (χ3v) is 5.87. The first-order valence-electron chi connectivity index (χ1n) is 10.4. The molecule has 1 aromatic heterocycles. The fourth-order valence-corrected chi connectivity index (χ4v) is 4.14. The highest BCUT2D eigenvalue weighted by Gasteiger charge is 2.21. The van der Waals surface area contributed by atoms with Crippen LogP contribution < -0.4 is 9.64 Å². The lowest BCUT2D eigenvalue weighted by Crippen LogP contribution is -2.46. The molecule has 4 nitrogen and oxygen atoms in total. The number of anilines is 1. The van der Waals surface area contributed by atoms with Crippen LogP contribution in [-0.2, 0) is 0 Å². The molecule has 0 amide bonds. The zero-order valence-electron chi connectivity index (χ0n) is 17.3. The Kier molecular flexibility index (Phi) is 5.81. The second kappa shape index (κ2) is 8.66. The lowest BCUT2D eigenvalue weighted by Gasteiger charge is -2.35. The monoisotopic (exact) mass is 387 g/mol. The van der Waals surface area contributed by atoms with Gasteiger partial charge in [0.15, 0.2) is 0 Å². The highest BCUT2D eigenvalue weighted by atomic mass is 16.5. The van der Waals surface area contributed by atoms with Gasteiger partial charge >= 0.3 is 0 Å². The number of hydrogen-bond donors (Lipinski definition) is 0. The van der Waals surface area contributed by atoms with Crippen LogP contribution in [0.2, 0.25) is 0 Å². The minimum Gasteiger partial charge on any atom is -0.497 e. The van der Waals surface area contributed by atoms with E-state index >= 15 is 0 Å². The third-order valence-electron chi connectivity index (χ3n) is 5.87. The van der Waals surface area contributed by atoms with Crippen molar-refractivity contribution in [2.75, 3.05) is 44.7 Å². The maximum Gasteiger partial charge on any atom is 0.136 e. The number of likely N-dealkylation sites (N-methyl/N-ethyl adjacent to an activating group) is 1. The quantitative estimate of drug-likeness (QED) is 0.573. The van der Waals surface area contributed by atoms with Crippen LogP contribution in [0.5, 0.6) is 5.75 Å². The summed E-state index contributed by atoms with van der Waals surface area (Å²) in [6.45, 7) is 11.6. The molecule has 150 valence electrons. The summed E-state index contributed by atoms with van der Waals surface area (Å²) in [5.74, 6) is 1.96. The lowest BCUT2D eigenvalue weighted by molar-refractivity contribution is 0.270. The van der Waals surface area contributed by atoms with Crippen molar-refractivity contribution in [1.82, 2.24) is 9.88 Å². The topological polar surface area (TPSA) is 28.6 Å². The van der Waals surface area contributed by atoms with Crippen LogP contribution in [0.1, 0.15) is 24.1 Å². The normalized spacial score (nSPS) is 16.0. The number of allylic oxidation sites excluding steroid dienone is 1. The Bertz CT molecular complexity index is 992. The average molecular weight is 388 g/mol. The molecule has 0 spiro atoms. The van der Waals surface area contributed by atoms with Gasteiger partial charge in [-0.3, -0.25) is 0 Å². The molecule has 0 N–H and O–H groups in total. The van der Waals surface area contributed by atoms with Gasteiger partial charge in [-0.1, -0.05) is 49.4 Å². The van der Waals surface area contributed by atoms with E-state index in [1.54, 1.807) is 7.11 Å². The maximum atomic E-state index is 5.43. The van der Waals surface area contributed by atoms with E-state index in [1.165, 1.54) is 10.8 Å². The molecule has 1 atom stereocenters. The smallest absolute Gasteiger partial charge is 0.136 e. The summed E-state index contributed by atoms with van der Waals surface area (Å²) < 4.78 is 5.43. The van der Waals surface area contributed by atoms with Crippen molar-refractivity contribution in [2.24, 2.45) is 0 Å². The molecule has 1 unspecified atom stereocenters. The first kappa shape index (κ1) is 19.5. The number of rotatable bonds is 6. The van der Waals surface area contributed by atoms with Gasteiger partial charge in [-0.15, -0.1) is 6.58 Å². The number of pyridine rings is 1. The zero-order chi connectivity index (χ0) is 20.2. The number of fused-ring (bicyclic) bond motifs is 1. The summed E-state index contributed by atoms with van der Waals surface area (Å²) in [4.78, 5) is 10.1. The molecule has 4 rings (SSSR count). The van der Waals surface area contributed by atoms with E-state index in [9.17, 15) is 0 Å². The Balaban J connectivity index is 1.77. The van der Waals surface area contributed by atoms with Gasteiger partial charge in [0.2, 0.25) is 0 Å². The van der Waals surface area contributed by atoms with Gasteiger partial charge in [0, 0.05) is 37.5 Å². The fourth-order valence-electron chi connectivity index (χ4n) is 4.14. The second-order valence-corrected chi connectivity index (χ2v) is 7.50. The largest absolute Gasteiger partial charge is 0.497 e. The Morgan fingerprint density at radius 1 is 1.07 bits per heavy atom. The van der Waals surface area contributed by atoms with Crippen molar-refractivity contribution < 1.29 is 4.74 Å². The minimum atomic E-state index is 0.0189. The number of nitrogens with zero attached hydrogens (tertiary/aromatic N) is 3. The molecule has 1 saturated heterocycles. The molecular formula is C25H29N3O. The fraction of sp³-hybridized carbons (Fsp3) is 0.320. The molecular weight excluding hydrogens is 358 g/mol. The summed E-state index contributed by atoms with van der Waals surface area (Å²) in [5.41, 5.74) is 2.17. The number of aromatic nitrogens is 1. The highest BCUT2D eigenvalue weighted by molar-refractivity contribution is 5.92. The second-order valence-electron chi connectivity index (χ2n) is 7.50. The molecule has 29 heavy (non-hydrogen) atoms. The van der Waals surface area contributed by atoms with Crippen molar-refractivity contribution in [3.8, 4) is 5.75 Å². The van der Waals surface area contributed by atoms with Crippen LogP contribution in [0.25, 0.3) is 10.8 Å². The molecule has 0 aliphatic carbocycles. The van der Waals surface area contributed by atoms with Crippen molar-refractivity contribution >= 4 is 16.6 Å². The van der Waals surface area contributed by atoms with E-state index in [0.717, 1.165) is 55.5 Å². The first-order chi connectivity index (χ1) is 14.2. The summed E-state index contributed by atoms with van der Waals surface area (Å²) in [6, 6.07) is 18.9.